The summed E-state index contributed by atoms with van der Waals surface area (Å²) in [6.07, 6.45) is 1.61. The maximum Gasteiger partial charge on any atom is 0.153 e. The summed E-state index contributed by atoms with van der Waals surface area (Å²) in [5.74, 6) is 1.67. The second kappa shape index (κ2) is 6.83. The Kier molecular flexibility index (Phi) is 4.62. The Morgan fingerprint density at radius 2 is 2.04 bits per heavy atom. The van der Waals surface area contributed by atoms with Gasteiger partial charge in [-0.05, 0) is 25.2 Å². The summed E-state index contributed by atoms with van der Waals surface area (Å²) in [5.41, 5.74) is 2.88. The van der Waals surface area contributed by atoms with Crippen molar-refractivity contribution in [1.29, 1.82) is 0 Å². The first-order chi connectivity index (χ1) is 11.3. The topological polar surface area (TPSA) is 66.1 Å². The van der Waals surface area contributed by atoms with E-state index < -0.39 is 0 Å². The Bertz CT molecular complexity index is 794. The first-order valence-electron chi connectivity index (χ1n) is 8.03. The van der Waals surface area contributed by atoms with Crippen LogP contribution in [0.4, 0.5) is 5.82 Å². The molecule has 3 aromatic rings. The number of H-pyrrole nitrogens is 1. The molecular formula is C17H23N5O. The minimum Gasteiger partial charge on any atom is -0.497 e. The van der Waals surface area contributed by atoms with Crippen LogP contribution < -0.4 is 10.1 Å². The van der Waals surface area contributed by atoms with Gasteiger partial charge in [0.05, 0.1) is 12.6 Å². The number of methoxy groups -OCH3 is 1. The van der Waals surface area contributed by atoms with Gasteiger partial charge < -0.3 is 19.9 Å². The van der Waals surface area contributed by atoms with E-state index in [-0.39, 0.29) is 0 Å². The molecule has 0 aliphatic heterocycles. The zero-order valence-electron chi connectivity index (χ0n) is 13.9. The molecule has 6 heteroatoms. The largest absolute Gasteiger partial charge is 0.497 e. The number of aromatic nitrogens is 3. The Morgan fingerprint density at radius 1 is 1.22 bits per heavy atom. The van der Waals surface area contributed by atoms with Crippen molar-refractivity contribution in [3.05, 3.63) is 24.5 Å². The highest BCUT2D eigenvalue weighted by molar-refractivity contribution is 6.08. The second-order valence-electron chi connectivity index (χ2n) is 5.44. The van der Waals surface area contributed by atoms with Gasteiger partial charge in [-0.1, -0.05) is 13.8 Å². The number of anilines is 1. The van der Waals surface area contributed by atoms with Gasteiger partial charge in [-0.3, -0.25) is 0 Å². The van der Waals surface area contributed by atoms with E-state index in [0.29, 0.717) is 0 Å². The molecule has 0 atom stereocenters. The highest BCUT2D eigenvalue weighted by Crippen LogP contribution is 2.29. The zero-order valence-corrected chi connectivity index (χ0v) is 13.9. The highest BCUT2D eigenvalue weighted by atomic mass is 16.5. The number of hydrogen-bond donors (Lipinski definition) is 2. The van der Waals surface area contributed by atoms with E-state index in [0.717, 1.165) is 59.7 Å². The molecule has 2 heterocycles. The summed E-state index contributed by atoms with van der Waals surface area (Å²) in [4.78, 5) is 14.6. The number of nitrogens with zero attached hydrogens (tertiary/aromatic N) is 3. The molecule has 0 fully saturated rings. The van der Waals surface area contributed by atoms with Crippen LogP contribution in [0.25, 0.3) is 21.9 Å². The van der Waals surface area contributed by atoms with Crippen LogP contribution in [0.1, 0.15) is 13.8 Å². The first-order valence-corrected chi connectivity index (χ1v) is 8.03. The molecule has 0 bridgehead atoms. The molecule has 2 N–H and O–H groups in total. The maximum atomic E-state index is 5.29. The molecule has 2 aromatic heterocycles. The van der Waals surface area contributed by atoms with E-state index in [1.165, 1.54) is 0 Å². The summed E-state index contributed by atoms with van der Waals surface area (Å²) < 4.78 is 5.29. The molecular weight excluding hydrogens is 290 g/mol. The van der Waals surface area contributed by atoms with Crippen LogP contribution in [-0.4, -0.2) is 53.1 Å². The number of nitrogens with one attached hydrogen (secondary N) is 2. The summed E-state index contributed by atoms with van der Waals surface area (Å²) >= 11 is 0. The summed E-state index contributed by atoms with van der Waals surface area (Å²) in [7, 11) is 1.67. The third-order valence-electron chi connectivity index (χ3n) is 4.20. The van der Waals surface area contributed by atoms with E-state index in [4.69, 9.17) is 4.74 Å². The maximum absolute atomic E-state index is 5.29. The smallest absolute Gasteiger partial charge is 0.153 e. The van der Waals surface area contributed by atoms with Gasteiger partial charge in [0.25, 0.3) is 0 Å². The molecule has 0 unspecified atom stereocenters. The molecule has 3 rings (SSSR count). The molecule has 6 nitrogen and oxygen atoms in total. The molecule has 122 valence electrons. The van der Waals surface area contributed by atoms with Crippen molar-refractivity contribution in [3.63, 3.8) is 0 Å². The summed E-state index contributed by atoms with van der Waals surface area (Å²) in [6.45, 7) is 8.32. The first kappa shape index (κ1) is 15.6. The molecule has 0 aliphatic rings. The molecule has 0 spiro atoms. The predicted molar refractivity (Wildman–Crippen MR) is 94.2 cm³/mol. The quantitative estimate of drug-likeness (QED) is 0.702. The minimum absolute atomic E-state index is 0.827. The van der Waals surface area contributed by atoms with Gasteiger partial charge in [-0.25, -0.2) is 9.97 Å². The number of hydrogen-bond acceptors (Lipinski definition) is 5. The lowest BCUT2D eigenvalue weighted by Crippen LogP contribution is -2.28. The monoisotopic (exact) mass is 313 g/mol. The van der Waals surface area contributed by atoms with Crippen LogP contribution >= 0.6 is 0 Å². The number of ether oxygens (including phenoxy) is 1. The van der Waals surface area contributed by atoms with Crippen molar-refractivity contribution in [2.24, 2.45) is 0 Å². The molecule has 0 radical (unpaired) electrons. The third-order valence-corrected chi connectivity index (χ3v) is 4.20. The third kappa shape index (κ3) is 3.07. The zero-order chi connectivity index (χ0) is 16.2. The Labute approximate surface area is 135 Å². The second-order valence-corrected chi connectivity index (χ2v) is 5.44. The van der Waals surface area contributed by atoms with Crippen LogP contribution in [-0.2, 0) is 0 Å². The van der Waals surface area contributed by atoms with Crippen molar-refractivity contribution in [1.82, 2.24) is 19.9 Å². The lowest BCUT2D eigenvalue weighted by atomic mass is 10.2. The highest BCUT2D eigenvalue weighted by Gasteiger charge is 2.11. The van der Waals surface area contributed by atoms with Crippen molar-refractivity contribution >= 4 is 27.8 Å². The fraction of sp³-hybridized carbons (Fsp3) is 0.412. The van der Waals surface area contributed by atoms with Crippen LogP contribution in [0.15, 0.2) is 24.5 Å². The normalized spacial score (nSPS) is 11.5. The molecule has 0 saturated carbocycles. The van der Waals surface area contributed by atoms with Crippen LogP contribution in [0.2, 0.25) is 0 Å². The number of likely N-dealkylation sites (N-methyl/N-ethyl adjacent to an activating group) is 1. The van der Waals surface area contributed by atoms with Crippen LogP contribution in [0, 0.1) is 0 Å². The number of fused-ring (bicyclic) bond motifs is 3. The van der Waals surface area contributed by atoms with Crippen molar-refractivity contribution < 1.29 is 4.74 Å². The minimum atomic E-state index is 0.827. The predicted octanol–water partition coefficient (Wildman–Crippen LogP) is 2.87. The van der Waals surface area contributed by atoms with E-state index in [2.05, 4.69) is 39.0 Å². The average molecular weight is 313 g/mol. The van der Waals surface area contributed by atoms with Gasteiger partial charge in [0.15, 0.2) is 5.82 Å². The lowest BCUT2D eigenvalue weighted by molar-refractivity contribution is 0.316. The van der Waals surface area contributed by atoms with Crippen molar-refractivity contribution in [2.75, 3.05) is 38.6 Å². The summed E-state index contributed by atoms with van der Waals surface area (Å²) in [5, 5.41) is 4.50. The summed E-state index contributed by atoms with van der Waals surface area (Å²) in [6, 6.07) is 5.96. The number of aromatic amines is 1. The van der Waals surface area contributed by atoms with Crippen molar-refractivity contribution in [3.8, 4) is 5.75 Å². The molecule has 0 aliphatic carbocycles. The molecule has 0 amide bonds. The SMILES string of the molecule is CCN(CC)CCNc1ncnc2c1[nH]c1cc(OC)ccc12. The van der Waals surface area contributed by atoms with Crippen LogP contribution in [0.5, 0.6) is 5.75 Å². The Balaban J connectivity index is 1.89. The molecule has 1 aromatic carbocycles. The van der Waals surface area contributed by atoms with Gasteiger partial charge in [-0.2, -0.15) is 0 Å². The Hall–Kier alpha value is -2.34. The molecule has 0 saturated heterocycles. The fourth-order valence-electron chi connectivity index (χ4n) is 2.81. The number of benzene rings is 1. The fourth-order valence-corrected chi connectivity index (χ4v) is 2.81. The average Bonchev–Trinajstić information content (AvgIpc) is 2.97. The van der Waals surface area contributed by atoms with E-state index >= 15 is 0 Å². The van der Waals surface area contributed by atoms with Gasteiger partial charge in [0.1, 0.15) is 23.1 Å². The van der Waals surface area contributed by atoms with Gasteiger partial charge in [0, 0.05) is 24.5 Å². The Morgan fingerprint density at radius 3 is 2.78 bits per heavy atom. The standard InChI is InChI=1S/C17H23N5O/c1-4-22(5-2)9-8-18-17-16-15(19-11-20-17)13-7-6-12(23-3)10-14(13)21-16/h6-7,10-11,21H,4-5,8-9H2,1-3H3,(H,18,19,20). The van der Waals surface area contributed by atoms with Gasteiger partial charge >= 0.3 is 0 Å². The van der Waals surface area contributed by atoms with Crippen LogP contribution in [0.3, 0.4) is 0 Å². The van der Waals surface area contributed by atoms with Gasteiger partial charge in [-0.15, -0.1) is 0 Å². The lowest BCUT2D eigenvalue weighted by Gasteiger charge is -2.18. The van der Waals surface area contributed by atoms with E-state index in [1.807, 2.05) is 18.2 Å². The van der Waals surface area contributed by atoms with Gasteiger partial charge in [0.2, 0.25) is 0 Å². The van der Waals surface area contributed by atoms with E-state index in [1.54, 1.807) is 13.4 Å². The number of rotatable bonds is 7. The van der Waals surface area contributed by atoms with E-state index in [9.17, 15) is 0 Å². The molecule has 23 heavy (non-hydrogen) atoms. The van der Waals surface area contributed by atoms with Crippen molar-refractivity contribution in [2.45, 2.75) is 13.8 Å².